The van der Waals surface area contributed by atoms with Gasteiger partial charge >= 0.3 is 0 Å². The Morgan fingerprint density at radius 3 is 2.40 bits per heavy atom. The first kappa shape index (κ1) is 19.1. The Morgan fingerprint density at radius 1 is 1.16 bits per heavy atom. The van der Waals surface area contributed by atoms with E-state index in [0.29, 0.717) is 5.69 Å². The average Bonchev–Trinajstić information content (AvgIpc) is 2.54. The van der Waals surface area contributed by atoms with Crippen LogP contribution in [0.15, 0.2) is 48.8 Å². The van der Waals surface area contributed by atoms with Crippen LogP contribution in [0.25, 0.3) is 0 Å². The predicted molar refractivity (Wildman–Crippen MR) is 98.7 cm³/mol. The van der Waals surface area contributed by atoms with Crippen LogP contribution in [0.1, 0.15) is 30.9 Å². The molecule has 0 bridgehead atoms. The van der Waals surface area contributed by atoms with Gasteiger partial charge in [0.05, 0.1) is 12.8 Å². The molecule has 6 nitrogen and oxygen atoms in total. The summed E-state index contributed by atoms with van der Waals surface area (Å²) in [4.78, 5) is 16.3. The SMILES string of the molecule is CC(C)c1ccccc1NC(=O)CN(Cc1ccncc1)S(C)(=O)=O. The van der Waals surface area contributed by atoms with Crippen molar-refractivity contribution in [1.29, 1.82) is 0 Å². The van der Waals surface area contributed by atoms with Crippen molar-refractivity contribution in [2.75, 3.05) is 18.1 Å². The fourth-order valence-electron chi connectivity index (χ4n) is 2.45. The fourth-order valence-corrected chi connectivity index (χ4v) is 3.18. The van der Waals surface area contributed by atoms with Crippen LogP contribution in [0.4, 0.5) is 5.69 Å². The van der Waals surface area contributed by atoms with Crippen molar-refractivity contribution in [3.63, 3.8) is 0 Å². The Bertz CT molecular complexity index is 820. The second-order valence-corrected chi connectivity index (χ2v) is 8.16. The third-order valence-electron chi connectivity index (χ3n) is 3.75. The highest BCUT2D eigenvalue weighted by Gasteiger charge is 2.21. The monoisotopic (exact) mass is 361 g/mol. The van der Waals surface area contributed by atoms with Gasteiger partial charge in [-0.15, -0.1) is 0 Å². The molecule has 1 N–H and O–H groups in total. The zero-order valence-corrected chi connectivity index (χ0v) is 15.5. The molecular weight excluding hydrogens is 338 g/mol. The molecule has 0 saturated carbocycles. The van der Waals surface area contributed by atoms with Gasteiger partial charge in [0.2, 0.25) is 15.9 Å². The van der Waals surface area contributed by atoms with Crippen LogP contribution in [0, 0.1) is 0 Å². The number of amides is 1. The number of nitrogens with one attached hydrogen (secondary N) is 1. The van der Waals surface area contributed by atoms with E-state index in [-0.39, 0.29) is 24.9 Å². The molecule has 0 saturated heterocycles. The molecule has 1 heterocycles. The predicted octanol–water partition coefficient (Wildman–Crippen LogP) is 2.61. The first-order valence-corrected chi connectivity index (χ1v) is 9.85. The number of hydrogen-bond acceptors (Lipinski definition) is 4. The molecule has 0 spiro atoms. The summed E-state index contributed by atoms with van der Waals surface area (Å²) in [7, 11) is -3.52. The number of carbonyl (C=O) groups excluding carboxylic acids is 1. The van der Waals surface area contributed by atoms with E-state index >= 15 is 0 Å². The van der Waals surface area contributed by atoms with Crippen molar-refractivity contribution in [2.24, 2.45) is 0 Å². The standard InChI is InChI=1S/C18H23N3O3S/c1-14(2)16-6-4-5-7-17(16)20-18(22)13-21(25(3,23)24)12-15-8-10-19-11-9-15/h4-11,14H,12-13H2,1-3H3,(H,20,22). The molecule has 0 radical (unpaired) electrons. The smallest absolute Gasteiger partial charge is 0.239 e. The molecule has 0 fully saturated rings. The van der Waals surface area contributed by atoms with Crippen molar-refractivity contribution >= 4 is 21.6 Å². The maximum Gasteiger partial charge on any atom is 0.239 e. The van der Waals surface area contributed by atoms with Gasteiger partial charge in [-0.2, -0.15) is 4.31 Å². The molecule has 2 rings (SSSR count). The van der Waals surface area contributed by atoms with Gasteiger partial charge in [-0.05, 0) is 35.2 Å². The molecule has 7 heteroatoms. The van der Waals surface area contributed by atoms with E-state index in [1.54, 1.807) is 24.5 Å². The Kier molecular flexibility index (Phi) is 6.27. The highest BCUT2D eigenvalue weighted by atomic mass is 32.2. The van der Waals surface area contributed by atoms with Gasteiger partial charge in [0.15, 0.2) is 0 Å². The number of nitrogens with zero attached hydrogens (tertiary/aromatic N) is 2. The highest BCUT2D eigenvalue weighted by molar-refractivity contribution is 7.88. The lowest BCUT2D eigenvalue weighted by Crippen LogP contribution is -2.37. The quantitative estimate of drug-likeness (QED) is 0.822. The van der Waals surface area contributed by atoms with Crippen LogP contribution in [0.3, 0.4) is 0 Å². The molecule has 1 aromatic carbocycles. The van der Waals surface area contributed by atoms with Crippen molar-refractivity contribution in [3.8, 4) is 0 Å². The third-order valence-corrected chi connectivity index (χ3v) is 4.95. The summed E-state index contributed by atoms with van der Waals surface area (Å²) in [5.74, 6) is -0.119. The molecule has 134 valence electrons. The molecule has 1 aromatic heterocycles. The molecule has 0 aliphatic heterocycles. The molecule has 1 amide bonds. The number of aromatic nitrogens is 1. The van der Waals surface area contributed by atoms with Crippen LogP contribution in [-0.2, 0) is 21.4 Å². The van der Waals surface area contributed by atoms with Gasteiger partial charge in [-0.25, -0.2) is 8.42 Å². The Balaban J connectivity index is 2.13. The summed E-state index contributed by atoms with van der Waals surface area (Å²) >= 11 is 0. The third kappa shape index (κ3) is 5.65. The number of para-hydroxylation sites is 1. The molecular formula is C18H23N3O3S. The molecule has 25 heavy (non-hydrogen) atoms. The lowest BCUT2D eigenvalue weighted by Gasteiger charge is -2.20. The Hall–Kier alpha value is -2.25. The zero-order chi connectivity index (χ0) is 18.4. The van der Waals surface area contributed by atoms with Crippen LogP contribution in [0.2, 0.25) is 0 Å². The van der Waals surface area contributed by atoms with Gasteiger partial charge in [0, 0.05) is 24.6 Å². The number of anilines is 1. The van der Waals surface area contributed by atoms with E-state index in [1.165, 1.54) is 0 Å². The minimum Gasteiger partial charge on any atom is -0.325 e. The minimum absolute atomic E-state index is 0.126. The summed E-state index contributed by atoms with van der Waals surface area (Å²) in [6, 6.07) is 11.0. The topological polar surface area (TPSA) is 79.4 Å². The van der Waals surface area contributed by atoms with Crippen molar-refractivity contribution in [2.45, 2.75) is 26.3 Å². The van der Waals surface area contributed by atoms with E-state index in [2.05, 4.69) is 10.3 Å². The van der Waals surface area contributed by atoms with Crippen LogP contribution >= 0.6 is 0 Å². The van der Waals surface area contributed by atoms with Gasteiger partial charge in [-0.3, -0.25) is 9.78 Å². The summed E-state index contributed by atoms with van der Waals surface area (Å²) in [6.45, 7) is 3.96. The minimum atomic E-state index is -3.52. The van der Waals surface area contributed by atoms with Gasteiger partial charge in [0.25, 0.3) is 0 Å². The number of rotatable bonds is 7. The van der Waals surface area contributed by atoms with Crippen LogP contribution < -0.4 is 5.32 Å². The first-order valence-electron chi connectivity index (χ1n) is 8.00. The second-order valence-electron chi connectivity index (χ2n) is 6.18. The van der Waals surface area contributed by atoms with Crippen LogP contribution in [-0.4, -0.2) is 36.4 Å². The summed E-state index contributed by atoms with van der Waals surface area (Å²) < 4.78 is 25.2. The lowest BCUT2D eigenvalue weighted by molar-refractivity contribution is -0.116. The zero-order valence-electron chi connectivity index (χ0n) is 14.6. The maximum atomic E-state index is 12.4. The second kappa shape index (κ2) is 8.22. The number of benzene rings is 1. The molecule has 2 aromatic rings. The fraction of sp³-hybridized carbons (Fsp3) is 0.333. The average molecular weight is 361 g/mol. The Labute approximate surface area is 148 Å². The van der Waals surface area contributed by atoms with Crippen molar-refractivity contribution in [3.05, 3.63) is 59.9 Å². The van der Waals surface area contributed by atoms with Crippen molar-refractivity contribution < 1.29 is 13.2 Å². The number of pyridine rings is 1. The molecule has 0 atom stereocenters. The van der Waals surface area contributed by atoms with E-state index in [9.17, 15) is 13.2 Å². The van der Waals surface area contributed by atoms with Gasteiger partial charge < -0.3 is 5.32 Å². The van der Waals surface area contributed by atoms with E-state index in [0.717, 1.165) is 21.7 Å². The number of carbonyl (C=O) groups is 1. The number of sulfonamides is 1. The van der Waals surface area contributed by atoms with E-state index in [1.807, 2.05) is 38.1 Å². The van der Waals surface area contributed by atoms with Crippen molar-refractivity contribution in [1.82, 2.24) is 9.29 Å². The lowest BCUT2D eigenvalue weighted by atomic mass is 10.0. The van der Waals surface area contributed by atoms with Gasteiger partial charge in [-0.1, -0.05) is 32.0 Å². The molecule has 0 aliphatic carbocycles. The largest absolute Gasteiger partial charge is 0.325 e. The molecule has 0 aliphatic rings. The van der Waals surface area contributed by atoms with Crippen LogP contribution in [0.5, 0.6) is 0 Å². The van der Waals surface area contributed by atoms with E-state index in [4.69, 9.17) is 0 Å². The summed E-state index contributed by atoms with van der Waals surface area (Å²) in [6.07, 6.45) is 4.28. The maximum absolute atomic E-state index is 12.4. The molecule has 0 unspecified atom stereocenters. The van der Waals surface area contributed by atoms with Gasteiger partial charge in [0.1, 0.15) is 0 Å². The van der Waals surface area contributed by atoms with E-state index < -0.39 is 10.0 Å². The normalized spacial score (nSPS) is 11.7. The first-order chi connectivity index (χ1) is 11.8. The summed E-state index contributed by atoms with van der Waals surface area (Å²) in [5.41, 5.74) is 2.49. The Morgan fingerprint density at radius 2 is 1.80 bits per heavy atom. The highest BCUT2D eigenvalue weighted by Crippen LogP contribution is 2.23. The number of hydrogen-bond donors (Lipinski definition) is 1. The summed E-state index contributed by atoms with van der Waals surface area (Å²) in [5, 5.41) is 2.82.